The Labute approximate surface area is 170 Å². The number of anilines is 1. The summed E-state index contributed by atoms with van der Waals surface area (Å²) in [5.41, 5.74) is 1.95. The summed E-state index contributed by atoms with van der Waals surface area (Å²) in [6, 6.07) is 12.2. The van der Waals surface area contributed by atoms with Crippen LogP contribution in [-0.2, 0) is 4.79 Å². The van der Waals surface area contributed by atoms with E-state index in [1.165, 1.54) is 0 Å². The van der Waals surface area contributed by atoms with E-state index in [1.54, 1.807) is 10.8 Å². The second-order valence-electron chi connectivity index (χ2n) is 7.17. The summed E-state index contributed by atoms with van der Waals surface area (Å²) in [5, 5.41) is 4.37. The molecule has 1 fully saturated rings. The lowest BCUT2D eigenvalue weighted by Gasteiger charge is -2.36. The van der Waals surface area contributed by atoms with E-state index in [9.17, 15) is 4.79 Å². The minimum Gasteiger partial charge on any atom is -0.354 e. The molecule has 0 spiro atoms. The normalized spacial score (nSPS) is 15.0. The standard InChI is InChI=1S/C21H27N7O/c1-3-26(4-2)20(29)15-25-10-12-27(13-11-25)19-14-18(17-8-6-5-7-9-17)24-21-22-16-23-28(19)21/h5-9,14,16H,3-4,10-13,15H2,1-2H3. The van der Waals surface area contributed by atoms with E-state index in [4.69, 9.17) is 0 Å². The Kier molecular flexibility index (Phi) is 5.71. The molecule has 4 rings (SSSR count). The Hall–Kier alpha value is -3.00. The van der Waals surface area contributed by atoms with E-state index >= 15 is 0 Å². The van der Waals surface area contributed by atoms with E-state index in [-0.39, 0.29) is 5.91 Å². The first kappa shape index (κ1) is 19.3. The van der Waals surface area contributed by atoms with Crippen LogP contribution in [0.4, 0.5) is 5.82 Å². The smallest absolute Gasteiger partial charge is 0.254 e. The van der Waals surface area contributed by atoms with Crippen molar-refractivity contribution in [2.75, 3.05) is 50.7 Å². The molecule has 152 valence electrons. The molecule has 0 bridgehead atoms. The van der Waals surface area contributed by atoms with Crippen LogP contribution in [-0.4, -0.2) is 81.1 Å². The van der Waals surface area contributed by atoms with Gasteiger partial charge in [-0.3, -0.25) is 9.69 Å². The fourth-order valence-electron chi connectivity index (χ4n) is 3.78. The zero-order valence-electron chi connectivity index (χ0n) is 17.0. The molecular weight excluding hydrogens is 366 g/mol. The molecule has 1 aliphatic rings. The lowest BCUT2D eigenvalue weighted by atomic mass is 10.1. The number of nitrogens with zero attached hydrogens (tertiary/aromatic N) is 7. The number of fused-ring (bicyclic) bond motifs is 1. The number of carbonyl (C=O) groups excluding carboxylic acids is 1. The molecule has 0 radical (unpaired) electrons. The van der Waals surface area contributed by atoms with Gasteiger partial charge in [0.25, 0.3) is 5.78 Å². The molecule has 29 heavy (non-hydrogen) atoms. The molecule has 1 aliphatic heterocycles. The monoisotopic (exact) mass is 393 g/mol. The molecule has 1 saturated heterocycles. The Morgan fingerprint density at radius 3 is 2.48 bits per heavy atom. The highest BCUT2D eigenvalue weighted by Crippen LogP contribution is 2.24. The quantitative estimate of drug-likeness (QED) is 0.636. The molecular formula is C21H27N7O. The molecule has 0 N–H and O–H groups in total. The van der Waals surface area contributed by atoms with Crippen molar-refractivity contribution in [3.8, 4) is 11.3 Å². The largest absolute Gasteiger partial charge is 0.354 e. The van der Waals surface area contributed by atoms with Gasteiger partial charge in [-0.25, -0.2) is 4.98 Å². The Morgan fingerprint density at radius 2 is 1.79 bits per heavy atom. The van der Waals surface area contributed by atoms with Crippen LogP contribution in [0.5, 0.6) is 0 Å². The first-order chi connectivity index (χ1) is 14.2. The third-order valence-corrected chi connectivity index (χ3v) is 5.47. The number of rotatable bonds is 6. The van der Waals surface area contributed by atoms with Crippen molar-refractivity contribution in [2.45, 2.75) is 13.8 Å². The SMILES string of the molecule is CCN(CC)C(=O)CN1CCN(c2cc(-c3ccccc3)nc3ncnn23)CC1. The summed E-state index contributed by atoms with van der Waals surface area (Å²) >= 11 is 0. The van der Waals surface area contributed by atoms with Gasteiger partial charge in [0.2, 0.25) is 5.91 Å². The average Bonchev–Trinajstić information content (AvgIpc) is 3.24. The van der Waals surface area contributed by atoms with E-state index < -0.39 is 0 Å². The average molecular weight is 393 g/mol. The lowest BCUT2D eigenvalue weighted by molar-refractivity contribution is -0.132. The summed E-state index contributed by atoms with van der Waals surface area (Å²) in [6.45, 7) is 9.40. The highest BCUT2D eigenvalue weighted by molar-refractivity contribution is 5.78. The number of hydrogen-bond acceptors (Lipinski definition) is 6. The van der Waals surface area contributed by atoms with Crippen molar-refractivity contribution < 1.29 is 4.79 Å². The summed E-state index contributed by atoms with van der Waals surface area (Å²) in [4.78, 5) is 27.8. The fraction of sp³-hybridized carbons (Fsp3) is 0.429. The molecule has 0 atom stereocenters. The van der Waals surface area contributed by atoms with Crippen LogP contribution in [0.3, 0.4) is 0 Å². The number of piperazine rings is 1. The van der Waals surface area contributed by atoms with Gasteiger partial charge < -0.3 is 9.80 Å². The Bertz CT molecular complexity index is 960. The number of benzene rings is 1. The van der Waals surface area contributed by atoms with E-state index in [1.807, 2.05) is 36.9 Å². The highest BCUT2D eigenvalue weighted by atomic mass is 16.2. The maximum atomic E-state index is 12.4. The molecule has 1 amide bonds. The Balaban J connectivity index is 1.51. The predicted molar refractivity (Wildman–Crippen MR) is 113 cm³/mol. The van der Waals surface area contributed by atoms with Gasteiger partial charge in [-0.1, -0.05) is 30.3 Å². The third-order valence-electron chi connectivity index (χ3n) is 5.47. The van der Waals surface area contributed by atoms with Crippen LogP contribution in [0.1, 0.15) is 13.8 Å². The van der Waals surface area contributed by atoms with E-state index in [0.717, 1.165) is 56.3 Å². The molecule has 1 aromatic carbocycles. The van der Waals surface area contributed by atoms with Crippen molar-refractivity contribution in [3.63, 3.8) is 0 Å². The topological polar surface area (TPSA) is 69.9 Å². The first-order valence-corrected chi connectivity index (χ1v) is 10.2. The van der Waals surface area contributed by atoms with Gasteiger partial charge in [-0.05, 0) is 13.8 Å². The van der Waals surface area contributed by atoms with Crippen LogP contribution in [0.25, 0.3) is 17.0 Å². The molecule has 8 nitrogen and oxygen atoms in total. The van der Waals surface area contributed by atoms with Gasteiger partial charge in [-0.15, -0.1) is 0 Å². The predicted octanol–water partition coefficient (Wildman–Crippen LogP) is 1.78. The van der Waals surface area contributed by atoms with Gasteiger partial charge in [0, 0.05) is 50.9 Å². The summed E-state index contributed by atoms with van der Waals surface area (Å²) in [6.07, 6.45) is 1.54. The zero-order valence-corrected chi connectivity index (χ0v) is 17.0. The van der Waals surface area contributed by atoms with Crippen LogP contribution in [0.2, 0.25) is 0 Å². The zero-order chi connectivity index (χ0) is 20.2. The van der Waals surface area contributed by atoms with Gasteiger partial charge >= 0.3 is 0 Å². The van der Waals surface area contributed by atoms with Crippen LogP contribution in [0, 0.1) is 0 Å². The minimum absolute atomic E-state index is 0.206. The lowest BCUT2D eigenvalue weighted by Crippen LogP contribution is -2.50. The van der Waals surface area contributed by atoms with Crippen molar-refractivity contribution >= 4 is 17.5 Å². The number of amides is 1. The van der Waals surface area contributed by atoms with Crippen LogP contribution >= 0.6 is 0 Å². The van der Waals surface area contributed by atoms with Crippen LogP contribution < -0.4 is 4.90 Å². The summed E-state index contributed by atoms with van der Waals surface area (Å²) < 4.78 is 1.79. The van der Waals surface area contributed by atoms with Crippen molar-refractivity contribution in [3.05, 3.63) is 42.7 Å². The maximum absolute atomic E-state index is 12.4. The van der Waals surface area contributed by atoms with E-state index in [0.29, 0.717) is 12.3 Å². The van der Waals surface area contributed by atoms with Gasteiger partial charge in [0.15, 0.2) is 0 Å². The summed E-state index contributed by atoms with van der Waals surface area (Å²) in [5.74, 6) is 1.79. The number of aromatic nitrogens is 4. The third kappa shape index (κ3) is 4.07. The molecule has 3 heterocycles. The highest BCUT2D eigenvalue weighted by Gasteiger charge is 2.23. The van der Waals surface area contributed by atoms with Crippen molar-refractivity contribution in [1.29, 1.82) is 0 Å². The molecule has 8 heteroatoms. The second kappa shape index (κ2) is 8.57. The summed E-state index contributed by atoms with van der Waals surface area (Å²) in [7, 11) is 0. The molecule has 0 saturated carbocycles. The maximum Gasteiger partial charge on any atom is 0.254 e. The first-order valence-electron chi connectivity index (χ1n) is 10.2. The van der Waals surface area contributed by atoms with Crippen molar-refractivity contribution in [1.82, 2.24) is 29.4 Å². The number of carbonyl (C=O) groups is 1. The van der Waals surface area contributed by atoms with Crippen molar-refractivity contribution in [2.24, 2.45) is 0 Å². The molecule has 0 unspecified atom stereocenters. The molecule has 2 aromatic heterocycles. The van der Waals surface area contributed by atoms with Gasteiger partial charge in [-0.2, -0.15) is 14.6 Å². The molecule has 3 aromatic rings. The number of hydrogen-bond donors (Lipinski definition) is 0. The molecule has 0 aliphatic carbocycles. The van der Waals surface area contributed by atoms with Gasteiger partial charge in [0.05, 0.1) is 12.2 Å². The minimum atomic E-state index is 0.206. The Morgan fingerprint density at radius 1 is 1.07 bits per heavy atom. The fourth-order valence-corrected chi connectivity index (χ4v) is 3.78. The van der Waals surface area contributed by atoms with E-state index in [2.05, 4.69) is 43.1 Å². The number of likely N-dealkylation sites (N-methyl/N-ethyl adjacent to an activating group) is 1. The van der Waals surface area contributed by atoms with Crippen LogP contribution in [0.15, 0.2) is 42.7 Å². The van der Waals surface area contributed by atoms with Gasteiger partial charge in [0.1, 0.15) is 12.1 Å². The second-order valence-corrected chi connectivity index (χ2v) is 7.17.